The number of rotatable bonds is 25. The second-order valence-electron chi connectivity index (χ2n) is 26.4. The topological polar surface area (TPSA) is 354 Å². The molecule has 0 unspecified atom stereocenters. The lowest BCUT2D eigenvalue weighted by Crippen LogP contribution is -3.00. The molecule has 2 aromatic heterocycles. The van der Waals surface area contributed by atoms with Crippen molar-refractivity contribution in [2.75, 3.05) is 66.0 Å². The van der Waals surface area contributed by atoms with E-state index in [0.29, 0.717) is 111 Å². The number of guanidine groups is 1. The van der Waals surface area contributed by atoms with Crippen LogP contribution in [0, 0.1) is 26.2 Å². The Morgan fingerprint density at radius 3 is 2.10 bits per heavy atom. The maximum absolute atomic E-state index is 14.6. The molecule has 27 nitrogen and oxygen atoms in total. The molecule has 3 atom stereocenters. The standard InChI is InChI=1S/C64H88N8O19S2.ClH/c1-36-37(2)56(38(3)40-31-64(13,14)90-53(36)40)93(80,81)72(60(65)66)21-15-16-42(57(77)67-32-49(74)69-43(29-52(76)89-62(7,8)9)58(78)70-44(33-87-61(4,5)6)59(79)91-63(10,11)12)68-48(73)19-20-51(75)86-35-85-47-30-50(71-22-24-82-25-23-71)88-54-41(34-92-55(47)54)39-17-18-45-46(28-39)84-27-26-83-45;/h17-18,28,30,34,42-44H,15-16,19-27,29,31-33,35H2,1-14H3,(H6-,65,66,67,68,69,70,73,74,77,78);1H/t42-,43-,44-;/m0./s1. The molecule has 0 spiro atoms. The monoisotopic (exact) mass is 1370 g/mol. The Labute approximate surface area is 557 Å². The summed E-state index contributed by atoms with van der Waals surface area (Å²) in [6.07, 6.45) is -1.82. The molecule has 1 fully saturated rings. The molecule has 7 N–H and O–H groups in total. The fourth-order valence-electron chi connectivity index (χ4n) is 10.4. The number of thiophene rings is 1. The van der Waals surface area contributed by atoms with Gasteiger partial charge in [0.1, 0.15) is 65.8 Å². The molecule has 0 bridgehead atoms. The number of carbonyl (C=O) groups excluding carboxylic acids is 7. The van der Waals surface area contributed by atoms with Gasteiger partial charge in [0.2, 0.25) is 36.4 Å². The van der Waals surface area contributed by atoms with Crippen molar-refractivity contribution in [2.24, 2.45) is 5.73 Å². The van der Waals surface area contributed by atoms with Gasteiger partial charge in [0.25, 0.3) is 10.0 Å². The van der Waals surface area contributed by atoms with E-state index in [1.54, 1.807) is 89.2 Å². The third-order valence-corrected chi connectivity index (χ3v) is 17.8. The predicted octanol–water partition coefficient (Wildman–Crippen LogP) is 1.86. The zero-order chi connectivity index (χ0) is 68.5. The number of hydrogen-bond donors (Lipinski definition) is 6. The summed E-state index contributed by atoms with van der Waals surface area (Å²) >= 11 is 1.35. The largest absolute Gasteiger partial charge is 1.00 e. The number of benzene rings is 2. The molecule has 3 aliphatic rings. The van der Waals surface area contributed by atoms with Crippen molar-refractivity contribution in [3.63, 3.8) is 0 Å². The van der Waals surface area contributed by atoms with Crippen LogP contribution in [0.4, 0.5) is 0 Å². The fraction of sp³-hybridized carbons (Fsp3) is 0.578. The molecule has 4 amide bonds. The minimum Gasteiger partial charge on any atom is -1.00 e. The molecule has 0 radical (unpaired) electrons. The first-order valence-corrected chi connectivity index (χ1v) is 33.1. The highest BCUT2D eigenvalue weighted by Gasteiger charge is 2.40. The van der Waals surface area contributed by atoms with Gasteiger partial charge in [-0.25, -0.2) is 17.5 Å². The minimum absolute atomic E-state index is 0. The molecule has 518 valence electrons. The summed E-state index contributed by atoms with van der Waals surface area (Å²) in [5.74, 6) is -5.03. The van der Waals surface area contributed by atoms with Crippen molar-refractivity contribution < 1.29 is 101 Å². The normalized spacial score (nSPS) is 15.4. The third-order valence-electron chi connectivity index (χ3n) is 14.8. The Morgan fingerprint density at radius 1 is 0.787 bits per heavy atom. The van der Waals surface area contributed by atoms with Crippen molar-refractivity contribution >= 4 is 79.1 Å². The lowest BCUT2D eigenvalue weighted by molar-refractivity contribution is -0.162. The van der Waals surface area contributed by atoms with Crippen molar-refractivity contribution in [1.29, 1.82) is 5.41 Å². The number of nitrogens with zero attached hydrogens (tertiary/aromatic N) is 2. The summed E-state index contributed by atoms with van der Waals surface area (Å²) < 4.78 is 90.9. The number of esters is 3. The van der Waals surface area contributed by atoms with Crippen LogP contribution in [0.25, 0.3) is 21.4 Å². The number of nitrogens with one attached hydrogen (secondary N) is 5. The highest BCUT2D eigenvalue weighted by molar-refractivity contribution is 7.89. The molecule has 7 rings (SSSR count). The van der Waals surface area contributed by atoms with Crippen LogP contribution in [0.5, 0.6) is 23.0 Å². The Morgan fingerprint density at radius 2 is 1.45 bits per heavy atom. The molecule has 5 heterocycles. The number of halogens is 1. The van der Waals surface area contributed by atoms with Crippen molar-refractivity contribution in [2.45, 2.75) is 181 Å². The van der Waals surface area contributed by atoms with Crippen LogP contribution >= 0.6 is 11.3 Å². The highest BCUT2D eigenvalue weighted by atomic mass is 35.5. The number of fused-ring (bicyclic) bond motifs is 3. The number of sulfonamides is 1. The second kappa shape index (κ2) is 31.2. The third kappa shape index (κ3) is 20.4. The number of amides is 4. The number of ether oxygens (including phenoxy) is 9. The molecule has 1 saturated heterocycles. The maximum Gasteiger partial charge on any atom is 0.371 e. The van der Waals surface area contributed by atoms with E-state index in [-0.39, 0.29) is 36.8 Å². The van der Waals surface area contributed by atoms with Crippen LogP contribution in [0.1, 0.15) is 131 Å². The van der Waals surface area contributed by atoms with Crippen molar-refractivity contribution in [3.05, 3.63) is 57.5 Å². The SMILES string of the molecule is Cc1c(C)c(S(=O)(=O)N(CCC[C@H](NC(=O)CCC(=O)OCOc2cc(=[N+]3CCOCC3)oc3c(-c4ccc5c(c4)OCCO5)csc23)C(=O)NCC(=O)N[C@@H](CC(=O)OC(C)(C)C)C(=O)N[C@@H](COC(C)(C)C)C(=O)OC(C)(C)C)C(=N)N)c(C)c2c1OC(C)(C)C2.[Cl-]. The Balaban J connectivity index is 0.0000140. The summed E-state index contributed by atoms with van der Waals surface area (Å²) in [5, 5.41) is 20.3. The van der Waals surface area contributed by atoms with E-state index in [2.05, 4.69) is 21.3 Å². The second-order valence-corrected chi connectivity index (χ2v) is 29.1. The van der Waals surface area contributed by atoms with E-state index >= 15 is 0 Å². The highest BCUT2D eigenvalue weighted by Crippen LogP contribution is 2.45. The van der Waals surface area contributed by atoms with Gasteiger partial charge < -0.3 is 86.5 Å². The first-order valence-electron chi connectivity index (χ1n) is 30.7. The summed E-state index contributed by atoms with van der Waals surface area (Å²) in [4.78, 5) is 95.8. The number of carbonyl (C=O) groups is 7. The number of hydrogen-bond acceptors (Lipinski definition) is 21. The van der Waals surface area contributed by atoms with E-state index in [1.165, 1.54) is 11.3 Å². The van der Waals surface area contributed by atoms with Crippen molar-refractivity contribution in [3.8, 4) is 34.1 Å². The Bertz CT molecular complexity index is 3690. The van der Waals surface area contributed by atoms with Gasteiger partial charge in [0.15, 0.2) is 42.0 Å². The fourth-order valence-corrected chi connectivity index (χ4v) is 13.2. The van der Waals surface area contributed by atoms with Crippen LogP contribution < -0.4 is 68.5 Å². The van der Waals surface area contributed by atoms with E-state index in [1.807, 2.05) is 42.0 Å². The minimum atomic E-state index is -4.54. The van der Waals surface area contributed by atoms with Gasteiger partial charge in [-0.2, -0.15) is 4.58 Å². The maximum atomic E-state index is 14.6. The van der Waals surface area contributed by atoms with E-state index in [0.717, 1.165) is 11.1 Å². The lowest BCUT2D eigenvalue weighted by Gasteiger charge is -2.28. The van der Waals surface area contributed by atoms with E-state index in [4.69, 9.17) is 58.2 Å². The summed E-state index contributed by atoms with van der Waals surface area (Å²) in [6.45, 7) is 24.4. The van der Waals surface area contributed by atoms with Crippen LogP contribution in [-0.2, 0) is 73.7 Å². The number of nitrogens with two attached hydrogens (primary N) is 1. The average Bonchev–Trinajstić information content (AvgIpc) is 1.47. The summed E-state index contributed by atoms with van der Waals surface area (Å²) in [5.41, 5.74) is 7.36. The molecule has 30 heteroatoms. The zero-order valence-electron chi connectivity index (χ0n) is 55.9. The Kier molecular flexibility index (Phi) is 25.0. The lowest BCUT2D eigenvalue weighted by atomic mass is 9.94. The molecule has 2 aromatic carbocycles. The molecular weight excluding hydrogens is 1280 g/mol. The van der Waals surface area contributed by atoms with Crippen LogP contribution in [0.3, 0.4) is 0 Å². The van der Waals surface area contributed by atoms with E-state index < -0.39 is 137 Å². The number of morpholine rings is 1. The average molecular weight is 1370 g/mol. The smallest absolute Gasteiger partial charge is 0.371 e. The molecule has 0 aliphatic carbocycles. The van der Waals surface area contributed by atoms with Gasteiger partial charge >= 0.3 is 23.5 Å². The van der Waals surface area contributed by atoms with Crippen molar-refractivity contribution in [1.82, 2.24) is 30.1 Å². The van der Waals surface area contributed by atoms with Gasteiger partial charge in [-0.05, 0) is 144 Å². The van der Waals surface area contributed by atoms with E-state index in [9.17, 15) is 42.0 Å². The molecule has 0 saturated carbocycles. The zero-order valence-corrected chi connectivity index (χ0v) is 58.2. The Hall–Kier alpha value is -7.73. The first-order chi connectivity index (χ1) is 43.4. The van der Waals surface area contributed by atoms with Crippen LogP contribution in [0.2, 0.25) is 0 Å². The molecule has 4 aromatic rings. The molecule has 3 aliphatic heterocycles. The molecular formula is C64H89ClN8O19S2. The predicted molar refractivity (Wildman–Crippen MR) is 342 cm³/mol. The summed E-state index contributed by atoms with van der Waals surface area (Å²) in [6, 6.07) is 2.72. The van der Waals surface area contributed by atoms with Crippen LogP contribution in [-0.4, -0.2) is 167 Å². The van der Waals surface area contributed by atoms with Crippen LogP contribution in [0.15, 0.2) is 39.0 Å². The van der Waals surface area contributed by atoms with Gasteiger partial charge in [-0.15, -0.1) is 11.3 Å². The van der Waals surface area contributed by atoms with Gasteiger partial charge in [0.05, 0.1) is 42.6 Å². The quantitative estimate of drug-likeness (QED) is 0.0138. The van der Waals surface area contributed by atoms with Gasteiger partial charge in [-0.1, -0.05) is 6.07 Å². The van der Waals surface area contributed by atoms with Gasteiger partial charge in [-0.3, -0.25) is 34.2 Å². The van der Waals surface area contributed by atoms with Gasteiger partial charge in [0, 0.05) is 35.9 Å². The first kappa shape index (κ1) is 75.3. The summed E-state index contributed by atoms with van der Waals surface area (Å²) in [7, 11) is -4.54. The molecule has 94 heavy (non-hydrogen) atoms.